The number of hydrogen-bond acceptors (Lipinski definition) is 6. The van der Waals surface area contributed by atoms with Gasteiger partial charge in [0.05, 0.1) is 11.2 Å². The maximum absolute atomic E-state index is 12.3. The SMILES string of the molecule is CC(C)(C)OC(=O)n1ccc2c(N/N=C(\C#N)C(=N)N)cccc21. The van der Waals surface area contributed by atoms with Crippen LogP contribution in [0.4, 0.5) is 10.5 Å². The third kappa shape index (κ3) is 3.70. The summed E-state index contributed by atoms with van der Waals surface area (Å²) >= 11 is 0. The van der Waals surface area contributed by atoms with Crippen molar-refractivity contribution in [3.05, 3.63) is 30.5 Å². The van der Waals surface area contributed by atoms with Crippen LogP contribution in [0.25, 0.3) is 10.9 Å². The highest BCUT2D eigenvalue weighted by molar-refractivity contribution is 6.45. The van der Waals surface area contributed by atoms with E-state index in [2.05, 4.69) is 10.5 Å². The number of ether oxygens (including phenoxy) is 1. The summed E-state index contributed by atoms with van der Waals surface area (Å²) in [7, 11) is 0. The molecule has 0 spiro atoms. The number of amidine groups is 1. The molecule has 2 rings (SSSR count). The predicted molar refractivity (Wildman–Crippen MR) is 92.2 cm³/mol. The van der Waals surface area contributed by atoms with Gasteiger partial charge in [0.2, 0.25) is 5.71 Å². The Morgan fingerprint density at radius 3 is 2.71 bits per heavy atom. The number of hydrazone groups is 1. The first-order valence-corrected chi connectivity index (χ1v) is 7.14. The van der Waals surface area contributed by atoms with E-state index < -0.39 is 17.5 Å². The van der Waals surface area contributed by atoms with Crippen molar-refractivity contribution in [1.29, 1.82) is 10.7 Å². The van der Waals surface area contributed by atoms with E-state index in [1.54, 1.807) is 57.3 Å². The molecule has 8 heteroatoms. The number of hydrogen-bond donors (Lipinski definition) is 3. The molecule has 0 saturated carbocycles. The van der Waals surface area contributed by atoms with E-state index >= 15 is 0 Å². The number of nitrogens with two attached hydrogens (primary N) is 1. The van der Waals surface area contributed by atoms with Crippen LogP contribution in [0.15, 0.2) is 35.6 Å². The highest BCUT2D eigenvalue weighted by Gasteiger charge is 2.19. The molecule has 0 amide bonds. The highest BCUT2D eigenvalue weighted by atomic mass is 16.6. The van der Waals surface area contributed by atoms with Crippen LogP contribution in [0.1, 0.15) is 20.8 Å². The molecule has 0 saturated heterocycles. The third-order valence-electron chi connectivity index (χ3n) is 2.97. The number of nitrogens with zero attached hydrogens (tertiary/aromatic N) is 3. The van der Waals surface area contributed by atoms with Crippen molar-refractivity contribution < 1.29 is 9.53 Å². The lowest BCUT2D eigenvalue weighted by molar-refractivity contribution is 0.0544. The first kappa shape index (κ1) is 17.0. The van der Waals surface area contributed by atoms with Crippen LogP contribution >= 0.6 is 0 Å². The number of nitrogens with one attached hydrogen (secondary N) is 2. The molecule has 4 N–H and O–H groups in total. The number of carbonyl (C=O) groups is 1. The topological polar surface area (TPSA) is 129 Å². The van der Waals surface area contributed by atoms with Crippen molar-refractivity contribution in [3.8, 4) is 6.07 Å². The van der Waals surface area contributed by atoms with Gasteiger partial charge in [0.15, 0.2) is 5.84 Å². The lowest BCUT2D eigenvalue weighted by Crippen LogP contribution is -2.26. The summed E-state index contributed by atoms with van der Waals surface area (Å²) in [5.41, 5.74) is 8.33. The summed E-state index contributed by atoms with van der Waals surface area (Å²) in [5, 5.41) is 20.6. The van der Waals surface area contributed by atoms with Gasteiger partial charge in [-0.2, -0.15) is 10.4 Å². The lowest BCUT2D eigenvalue weighted by atomic mass is 10.2. The van der Waals surface area contributed by atoms with E-state index in [1.807, 2.05) is 0 Å². The summed E-state index contributed by atoms with van der Waals surface area (Å²) < 4.78 is 6.76. The first-order valence-electron chi connectivity index (χ1n) is 7.14. The molecular weight excluding hydrogens is 308 g/mol. The Labute approximate surface area is 139 Å². The Kier molecular flexibility index (Phi) is 4.55. The zero-order valence-electron chi connectivity index (χ0n) is 13.6. The smallest absolute Gasteiger partial charge is 0.418 e. The van der Waals surface area contributed by atoms with Gasteiger partial charge in [0, 0.05) is 11.6 Å². The van der Waals surface area contributed by atoms with Crippen molar-refractivity contribution in [2.75, 3.05) is 5.43 Å². The van der Waals surface area contributed by atoms with Crippen LogP contribution in [-0.4, -0.2) is 27.8 Å². The number of rotatable bonds is 3. The number of nitriles is 1. The molecular formula is C16H18N6O2. The van der Waals surface area contributed by atoms with E-state index in [1.165, 1.54) is 4.57 Å². The van der Waals surface area contributed by atoms with E-state index in [0.29, 0.717) is 16.6 Å². The van der Waals surface area contributed by atoms with Gasteiger partial charge in [-0.05, 0) is 39.0 Å². The Hall–Kier alpha value is -3.34. The molecule has 1 aromatic carbocycles. The summed E-state index contributed by atoms with van der Waals surface area (Å²) in [4.78, 5) is 12.3. The van der Waals surface area contributed by atoms with Crippen LogP contribution in [-0.2, 0) is 4.74 Å². The van der Waals surface area contributed by atoms with Gasteiger partial charge in [0.1, 0.15) is 11.7 Å². The monoisotopic (exact) mass is 326 g/mol. The molecule has 0 aliphatic heterocycles. The molecule has 1 heterocycles. The van der Waals surface area contributed by atoms with Crippen LogP contribution < -0.4 is 11.2 Å². The molecule has 24 heavy (non-hydrogen) atoms. The third-order valence-corrected chi connectivity index (χ3v) is 2.97. The second-order valence-electron chi connectivity index (χ2n) is 6.00. The fourth-order valence-electron chi connectivity index (χ4n) is 2.00. The number of carbonyl (C=O) groups excluding carboxylic acids is 1. The molecule has 0 aliphatic rings. The second kappa shape index (κ2) is 6.42. The van der Waals surface area contributed by atoms with Gasteiger partial charge < -0.3 is 10.5 Å². The molecule has 0 atom stereocenters. The van der Waals surface area contributed by atoms with Crippen LogP contribution in [0.3, 0.4) is 0 Å². The van der Waals surface area contributed by atoms with E-state index in [9.17, 15) is 4.79 Å². The first-order chi connectivity index (χ1) is 11.2. The molecule has 0 unspecified atom stereocenters. The molecule has 0 aliphatic carbocycles. The second-order valence-corrected chi connectivity index (χ2v) is 6.00. The molecule has 0 bridgehead atoms. The van der Waals surface area contributed by atoms with Crippen molar-refractivity contribution in [1.82, 2.24) is 4.57 Å². The number of anilines is 1. The fraction of sp³-hybridized carbons (Fsp3) is 0.250. The minimum absolute atomic E-state index is 0.224. The Balaban J connectivity index is 2.38. The van der Waals surface area contributed by atoms with E-state index in [4.69, 9.17) is 21.1 Å². The summed E-state index contributed by atoms with van der Waals surface area (Å²) in [6, 6.07) is 8.70. The highest BCUT2D eigenvalue weighted by Crippen LogP contribution is 2.25. The molecule has 124 valence electrons. The van der Waals surface area contributed by atoms with Crippen LogP contribution in [0, 0.1) is 16.7 Å². The minimum atomic E-state index is -0.600. The summed E-state index contributed by atoms with van der Waals surface area (Å²) in [6.07, 6.45) is 1.11. The van der Waals surface area contributed by atoms with Crippen molar-refractivity contribution in [3.63, 3.8) is 0 Å². The zero-order chi connectivity index (χ0) is 17.9. The Bertz CT molecular complexity index is 867. The predicted octanol–water partition coefficient (Wildman–Crippen LogP) is 2.65. The summed E-state index contributed by atoms with van der Waals surface area (Å²) in [6.45, 7) is 5.39. The van der Waals surface area contributed by atoms with E-state index in [-0.39, 0.29) is 5.71 Å². The molecule has 8 nitrogen and oxygen atoms in total. The van der Waals surface area contributed by atoms with Crippen LogP contribution in [0.2, 0.25) is 0 Å². The average Bonchev–Trinajstić information content (AvgIpc) is 2.90. The molecule has 0 radical (unpaired) electrons. The fourth-order valence-corrected chi connectivity index (χ4v) is 2.00. The molecule has 2 aromatic rings. The van der Waals surface area contributed by atoms with Gasteiger partial charge in [-0.3, -0.25) is 15.4 Å². The standard InChI is InChI=1S/C16H18N6O2/c1-16(2,3)24-15(23)22-8-7-10-11(5-4-6-13(10)22)20-21-12(9-17)14(18)19/h4-8,20H,1-3H3,(H3,18,19)/b21-12+. The average molecular weight is 326 g/mol. The van der Waals surface area contributed by atoms with Crippen molar-refractivity contribution in [2.45, 2.75) is 26.4 Å². The van der Waals surface area contributed by atoms with Gasteiger partial charge in [-0.25, -0.2) is 4.79 Å². The van der Waals surface area contributed by atoms with Gasteiger partial charge >= 0.3 is 6.09 Å². The van der Waals surface area contributed by atoms with Gasteiger partial charge in [-0.15, -0.1) is 0 Å². The van der Waals surface area contributed by atoms with Crippen LogP contribution in [0.5, 0.6) is 0 Å². The number of aromatic nitrogens is 1. The molecule has 0 fully saturated rings. The Morgan fingerprint density at radius 2 is 2.12 bits per heavy atom. The lowest BCUT2D eigenvalue weighted by Gasteiger charge is -2.19. The maximum Gasteiger partial charge on any atom is 0.418 e. The number of fused-ring (bicyclic) bond motifs is 1. The van der Waals surface area contributed by atoms with Gasteiger partial charge in [-0.1, -0.05) is 6.07 Å². The number of benzene rings is 1. The Morgan fingerprint density at radius 1 is 1.42 bits per heavy atom. The summed E-state index contributed by atoms with van der Waals surface area (Å²) in [5.74, 6) is -0.427. The van der Waals surface area contributed by atoms with Crippen molar-refractivity contribution >= 4 is 34.2 Å². The maximum atomic E-state index is 12.3. The van der Waals surface area contributed by atoms with Gasteiger partial charge in [0.25, 0.3) is 0 Å². The zero-order valence-corrected chi connectivity index (χ0v) is 13.6. The van der Waals surface area contributed by atoms with Crippen molar-refractivity contribution in [2.24, 2.45) is 10.8 Å². The minimum Gasteiger partial charge on any atom is -0.443 e. The normalized spacial score (nSPS) is 11.8. The molecule has 1 aromatic heterocycles. The largest absolute Gasteiger partial charge is 0.443 e. The quantitative estimate of drug-likeness (QED) is 0.453. The van der Waals surface area contributed by atoms with E-state index in [0.717, 1.165) is 0 Å².